The van der Waals surface area contributed by atoms with Gasteiger partial charge >= 0.3 is 5.97 Å². The Kier molecular flexibility index (Phi) is 2.44. The van der Waals surface area contributed by atoms with E-state index in [0.29, 0.717) is 0 Å². The molecule has 0 amide bonds. The Hall–Kier alpha value is -0.610. The molecule has 4 saturated carbocycles. The Bertz CT molecular complexity index is 267. The largest absolute Gasteiger partial charge is 0.458 e. The van der Waals surface area contributed by atoms with Crippen molar-refractivity contribution in [1.82, 2.24) is 5.48 Å². The molecule has 4 rings (SSSR count). The van der Waals surface area contributed by atoms with Crippen molar-refractivity contribution in [2.45, 2.75) is 44.1 Å². The van der Waals surface area contributed by atoms with Gasteiger partial charge in [-0.2, -0.15) is 5.48 Å². The minimum atomic E-state index is -0.315. The first-order chi connectivity index (χ1) is 7.69. The van der Waals surface area contributed by atoms with Crippen molar-refractivity contribution >= 4 is 5.97 Å². The molecule has 4 aliphatic rings. The third-order valence-electron chi connectivity index (χ3n) is 4.54. The molecule has 16 heavy (non-hydrogen) atoms. The molecule has 0 aliphatic heterocycles. The van der Waals surface area contributed by atoms with Crippen molar-refractivity contribution in [3.63, 3.8) is 0 Å². The molecule has 0 heterocycles. The van der Waals surface area contributed by atoms with Crippen LogP contribution in [0.1, 0.15) is 38.5 Å². The maximum Gasteiger partial charge on any atom is 0.322 e. The zero-order valence-corrected chi connectivity index (χ0v) is 9.45. The second kappa shape index (κ2) is 3.70. The standard InChI is InChI=1S/C12H19NO3/c14-11(7-13-15)16-12-4-8-1-9(5-12)3-10(2-8)6-12/h8-10,13,15H,1-7H2. The Labute approximate surface area is 95.3 Å². The molecule has 0 spiro atoms. The van der Waals surface area contributed by atoms with Crippen LogP contribution < -0.4 is 5.48 Å². The molecule has 90 valence electrons. The first-order valence-corrected chi connectivity index (χ1v) is 6.28. The lowest BCUT2D eigenvalue weighted by molar-refractivity contribution is -0.186. The van der Waals surface area contributed by atoms with Gasteiger partial charge in [-0.05, 0) is 56.3 Å². The van der Waals surface area contributed by atoms with Gasteiger partial charge in [-0.1, -0.05) is 0 Å². The summed E-state index contributed by atoms with van der Waals surface area (Å²) in [6.45, 7) is -0.0955. The molecule has 2 N–H and O–H groups in total. The molecular weight excluding hydrogens is 206 g/mol. The molecule has 0 atom stereocenters. The van der Waals surface area contributed by atoms with Gasteiger partial charge < -0.3 is 9.94 Å². The van der Waals surface area contributed by atoms with Gasteiger partial charge in [-0.25, -0.2) is 0 Å². The zero-order chi connectivity index (χ0) is 11.2. The summed E-state index contributed by atoms with van der Waals surface area (Å²) < 4.78 is 5.63. The Balaban J connectivity index is 1.71. The number of hydrogen-bond donors (Lipinski definition) is 2. The molecular formula is C12H19NO3. The second-order valence-electron chi connectivity index (χ2n) is 5.91. The van der Waals surface area contributed by atoms with E-state index in [1.165, 1.54) is 19.3 Å². The van der Waals surface area contributed by atoms with Crippen molar-refractivity contribution < 1.29 is 14.7 Å². The van der Waals surface area contributed by atoms with Crippen LogP contribution in [-0.2, 0) is 9.53 Å². The van der Waals surface area contributed by atoms with Gasteiger partial charge in [0.25, 0.3) is 0 Å². The average molecular weight is 225 g/mol. The average Bonchev–Trinajstić information content (AvgIpc) is 2.13. The lowest BCUT2D eigenvalue weighted by Crippen LogP contribution is -2.53. The summed E-state index contributed by atoms with van der Waals surface area (Å²) in [5, 5.41) is 8.50. The SMILES string of the molecule is O=C(CNO)OC12CC3CC(CC(C3)C1)C2. The number of ether oxygens (including phenoxy) is 1. The van der Waals surface area contributed by atoms with Crippen LogP contribution in [0.4, 0.5) is 0 Å². The van der Waals surface area contributed by atoms with Crippen molar-refractivity contribution in [2.75, 3.05) is 6.54 Å². The van der Waals surface area contributed by atoms with E-state index in [1.54, 1.807) is 0 Å². The molecule has 4 bridgehead atoms. The Morgan fingerprint density at radius 2 is 1.69 bits per heavy atom. The first kappa shape index (κ1) is 10.5. The van der Waals surface area contributed by atoms with Crippen LogP contribution >= 0.6 is 0 Å². The highest BCUT2D eigenvalue weighted by atomic mass is 16.6. The molecule has 0 unspecified atom stereocenters. The van der Waals surface area contributed by atoms with Crippen LogP contribution in [0, 0.1) is 17.8 Å². The van der Waals surface area contributed by atoms with E-state index in [-0.39, 0.29) is 18.1 Å². The van der Waals surface area contributed by atoms with Crippen LogP contribution in [0.3, 0.4) is 0 Å². The minimum Gasteiger partial charge on any atom is -0.458 e. The van der Waals surface area contributed by atoms with Crippen LogP contribution in [-0.4, -0.2) is 23.3 Å². The monoisotopic (exact) mass is 225 g/mol. The molecule has 0 aromatic rings. The number of rotatable bonds is 3. The second-order valence-corrected chi connectivity index (χ2v) is 5.91. The summed E-state index contributed by atoms with van der Waals surface area (Å²) in [6.07, 6.45) is 7.18. The number of carbonyl (C=O) groups is 1. The predicted octanol–water partition coefficient (Wildman–Crippen LogP) is 1.48. The Morgan fingerprint density at radius 1 is 1.19 bits per heavy atom. The minimum absolute atomic E-state index is 0.0955. The normalized spacial score (nSPS) is 44.7. The summed E-state index contributed by atoms with van der Waals surface area (Å²) in [4.78, 5) is 11.5. The number of hydroxylamine groups is 1. The quantitative estimate of drug-likeness (QED) is 0.564. The van der Waals surface area contributed by atoms with Crippen molar-refractivity contribution in [1.29, 1.82) is 0 Å². The van der Waals surface area contributed by atoms with E-state index in [9.17, 15) is 4.79 Å². The van der Waals surface area contributed by atoms with Gasteiger partial charge in [0.1, 0.15) is 12.1 Å². The predicted molar refractivity (Wildman–Crippen MR) is 56.8 cm³/mol. The van der Waals surface area contributed by atoms with Gasteiger partial charge in [-0.3, -0.25) is 4.79 Å². The van der Waals surface area contributed by atoms with E-state index in [4.69, 9.17) is 9.94 Å². The molecule has 4 nitrogen and oxygen atoms in total. The van der Waals surface area contributed by atoms with E-state index < -0.39 is 0 Å². The smallest absolute Gasteiger partial charge is 0.322 e. The molecule has 4 heteroatoms. The molecule has 0 aromatic heterocycles. The van der Waals surface area contributed by atoms with Crippen LogP contribution in [0.25, 0.3) is 0 Å². The summed E-state index contributed by atoms with van der Waals surface area (Å²) in [7, 11) is 0. The highest BCUT2D eigenvalue weighted by Crippen LogP contribution is 2.57. The van der Waals surface area contributed by atoms with Crippen LogP contribution in [0.2, 0.25) is 0 Å². The lowest BCUT2D eigenvalue weighted by Gasteiger charge is -2.55. The highest BCUT2D eigenvalue weighted by Gasteiger charge is 2.53. The van der Waals surface area contributed by atoms with Crippen LogP contribution in [0.5, 0.6) is 0 Å². The zero-order valence-electron chi connectivity index (χ0n) is 9.45. The van der Waals surface area contributed by atoms with Crippen molar-refractivity contribution in [3.8, 4) is 0 Å². The van der Waals surface area contributed by atoms with E-state index >= 15 is 0 Å². The summed E-state index contributed by atoms with van der Waals surface area (Å²) in [5.41, 5.74) is 1.70. The fourth-order valence-corrected chi connectivity index (χ4v) is 4.50. The van der Waals surface area contributed by atoms with Crippen molar-refractivity contribution in [3.05, 3.63) is 0 Å². The van der Waals surface area contributed by atoms with Crippen molar-refractivity contribution in [2.24, 2.45) is 17.8 Å². The van der Waals surface area contributed by atoms with Gasteiger partial charge in [0.15, 0.2) is 0 Å². The lowest BCUT2D eigenvalue weighted by atomic mass is 9.54. The van der Waals surface area contributed by atoms with Gasteiger partial charge in [-0.15, -0.1) is 0 Å². The van der Waals surface area contributed by atoms with E-state index in [2.05, 4.69) is 0 Å². The third kappa shape index (κ3) is 1.74. The van der Waals surface area contributed by atoms with E-state index in [1.807, 2.05) is 5.48 Å². The molecule has 0 aromatic carbocycles. The fraction of sp³-hybridized carbons (Fsp3) is 0.917. The Morgan fingerprint density at radius 3 is 2.12 bits per heavy atom. The summed E-state index contributed by atoms with van der Waals surface area (Å²) in [5.74, 6) is 2.02. The molecule has 0 radical (unpaired) electrons. The van der Waals surface area contributed by atoms with Gasteiger partial charge in [0.2, 0.25) is 0 Å². The third-order valence-corrected chi connectivity index (χ3v) is 4.54. The number of carbonyl (C=O) groups excluding carboxylic acids is 1. The number of hydrogen-bond acceptors (Lipinski definition) is 4. The van der Waals surface area contributed by atoms with E-state index in [0.717, 1.165) is 37.0 Å². The topological polar surface area (TPSA) is 58.6 Å². The van der Waals surface area contributed by atoms with Crippen LogP contribution in [0.15, 0.2) is 0 Å². The number of nitrogens with one attached hydrogen (secondary N) is 1. The molecule has 4 fully saturated rings. The van der Waals surface area contributed by atoms with Gasteiger partial charge in [0.05, 0.1) is 0 Å². The highest BCUT2D eigenvalue weighted by molar-refractivity contribution is 5.72. The number of esters is 1. The molecule has 0 saturated heterocycles. The maximum atomic E-state index is 11.5. The summed E-state index contributed by atoms with van der Waals surface area (Å²) in [6, 6.07) is 0. The fourth-order valence-electron chi connectivity index (χ4n) is 4.50. The molecule has 4 aliphatic carbocycles. The van der Waals surface area contributed by atoms with Gasteiger partial charge in [0, 0.05) is 0 Å². The summed E-state index contributed by atoms with van der Waals surface area (Å²) >= 11 is 0. The maximum absolute atomic E-state index is 11.5. The first-order valence-electron chi connectivity index (χ1n) is 6.28.